The lowest BCUT2D eigenvalue weighted by molar-refractivity contribution is 0.0893. The van der Waals surface area contributed by atoms with Gasteiger partial charge in [-0.3, -0.25) is 0 Å². The first-order chi connectivity index (χ1) is 13.2. The van der Waals surface area contributed by atoms with E-state index >= 15 is 0 Å². The Morgan fingerprint density at radius 3 is 2.50 bits per heavy atom. The van der Waals surface area contributed by atoms with Gasteiger partial charge < -0.3 is 0 Å². The fourth-order valence-electron chi connectivity index (χ4n) is 8.42. The van der Waals surface area contributed by atoms with E-state index in [1.807, 2.05) is 11.1 Å². The minimum atomic E-state index is 0.448. The Morgan fingerprint density at radius 2 is 1.79 bits per heavy atom. The summed E-state index contributed by atoms with van der Waals surface area (Å²) in [5.41, 5.74) is 5.32. The van der Waals surface area contributed by atoms with E-state index in [1.165, 1.54) is 44.9 Å². The largest absolute Gasteiger partial charge is 0.0852 e. The van der Waals surface area contributed by atoms with Crippen molar-refractivity contribution < 1.29 is 0 Å². The molecule has 8 atom stereocenters. The zero-order valence-corrected chi connectivity index (χ0v) is 19.2. The van der Waals surface area contributed by atoms with Gasteiger partial charge in [-0.2, -0.15) is 0 Å². The standard InChI is InChI=1S/C28H42/c1-18(2)19(3)7-8-20(4)23-9-10-24-22-12-16-28-17-21(28)11-15-27(28,6)25(22)13-14-26(23,24)5/h7-8,12,16,18-21,23,25H,9-11,13-15,17H2,1-6H3/b8-7-/t19-,20+,21-,23+,25-,26-,27-,28+/m1/s1. The van der Waals surface area contributed by atoms with Crippen LogP contribution >= 0.6 is 0 Å². The molecule has 0 aromatic heterocycles. The molecule has 1 spiro atoms. The number of allylic oxidation sites excluding steroid dienone is 6. The van der Waals surface area contributed by atoms with Crippen molar-refractivity contribution in [3.05, 3.63) is 35.5 Å². The predicted octanol–water partition coefficient (Wildman–Crippen LogP) is 7.97. The summed E-state index contributed by atoms with van der Waals surface area (Å²) in [6.07, 6.45) is 20.5. The van der Waals surface area contributed by atoms with Crippen LogP contribution in [0.3, 0.4) is 0 Å². The van der Waals surface area contributed by atoms with Gasteiger partial charge in [0.1, 0.15) is 0 Å². The van der Waals surface area contributed by atoms with Crippen LogP contribution in [0, 0.1) is 51.8 Å². The van der Waals surface area contributed by atoms with Crippen molar-refractivity contribution in [2.75, 3.05) is 0 Å². The van der Waals surface area contributed by atoms with Gasteiger partial charge in [-0.05, 0) is 102 Å². The molecular weight excluding hydrogens is 336 g/mol. The second kappa shape index (κ2) is 6.12. The number of hydrogen-bond donors (Lipinski definition) is 0. The molecule has 0 amide bonds. The van der Waals surface area contributed by atoms with E-state index in [0.717, 1.165) is 23.7 Å². The van der Waals surface area contributed by atoms with Crippen molar-refractivity contribution in [2.45, 2.75) is 86.5 Å². The highest BCUT2D eigenvalue weighted by atomic mass is 14.7. The highest BCUT2D eigenvalue weighted by molar-refractivity contribution is 5.46. The zero-order chi connectivity index (χ0) is 19.9. The Bertz CT molecular complexity index is 750. The van der Waals surface area contributed by atoms with Crippen LogP contribution in [0.5, 0.6) is 0 Å². The van der Waals surface area contributed by atoms with Crippen molar-refractivity contribution >= 4 is 0 Å². The summed E-state index contributed by atoms with van der Waals surface area (Å²) in [6.45, 7) is 14.9. The van der Waals surface area contributed by atoms with Crippen molar-refractivity contribution in [1.29, 1.82) is 0 Å². The molecule has 3 fully saturated rings. The van der Waals surface area contributed by atoms with Crippen LogP contribution in [0.2, 0.25) is 0 Å². The third-order valence-electron chi connectivity index (χ3n) is 10.9. The molecule has 5 aliphatic rings. The molecule has 5 rings (SSSR count). The number of rotatable bonds is 4. The normalized spacial score (nSPS) is 48.5. The van der Waals surface area contributed by atoms with E-state index in [-0.39, 0.29) is 0 Å². The zero-order valence-electron chi connectivity index (χ0n) is 19.2. The van der Waals surface area contributed by atoms with Crippen molar-refractivity contribution in [1.82, 2.24) is 0 Å². The fourth-order valence-corrected chi connectivity index (χ4v) is 8.42. The van der Waals surface area contributed by atoms with Gasteiger partial charge in [0.05, 0.1) is 0 Å². The molecule has 0 radical (unpaired) electrons. The van der Waals surface area contributed by atoms with E-state index in [0.29, 0.717) is 28.1 Å². The second-order valence-corrected chi connectivity index (χ2v) is 12.2. The maximum absolute atomic E-state index is 2.70. The molecule has 28 heavy (non-hydrogen) atoms. The van der Waals surface area contributed by atoms with E-state index in [4.69, 9.17) is 0 Å². The Kier molecular flexibility index (Phi) is 4.19. The van der Waals surface area contributed by atoms with Gasteiger partial charge in [-0.25, -0.2) is 0 Å². The molecule has 0 aliphatic heterocycles. The Balaban J connectivity index is 1.45. The van der Waals surface area contributed by atoms with Crippen LogP contribution in [0.15, 0.2) is 35.5 Å². The molecule has 0 nitrogen and oxygen atoms in total. The first-order valence-electron chi connectivity index (χ1n) is 12.3. The van der Waals surface area contributed by atoms with Crippen molar-refractivity contribution in [3.8, 4) is 0 Å². The van der Waals surface area contributed by atoms with E-state index in [9.17, 15) is 0 Å². The summed E-state index contributed by atoms with van der Waals surface area (Å²) in [5.74, 6) is 4.86. The van der Waals surface area contributed by atoms with Crippen LogP contribution in [0.25, 0.3) is 0 Å². The summed E-state index contributed by atoms with van der Waals surface area (Å²) >= 11 is 0. The van der Waals surface area contributed by atoms with Crippen LogP contribution in [-0.4, -0.2) is 0 Å². The lowest BCUT2D eigenvalue weighted by Crippen LogP contribution is -2.42. The average Bonchev–Trinajstić information content (AvgIpc) is 3.14. The van der Waals surface area contributed by atoms with Gasteiger partial charge in [-0.1, -0.05) is 71.4 Å². The summed E-state index contributed by atoms with van der Waals surface area (Å²) < 4.78 is 0. The van der Waals surface area contributed by atoms with Gasteiger partial charge in [0, 0.05) is 0 Å². The lowest BCUT2D eigenvalue weighted by Gasteiger charge is -2.51. The molecule has 0 aromatic rings. The number of hydrogen-bond acceptors (Lipinski definition) is 0. The molecule has 0 bridgehead atoms. The monoisotopic (exact) mass is 378 g/mol. The predicted molar refractivity (Wildman–Crippen MR) is 120 cm³/mol. The van der Waals surface area contributed by atoms with Crippen LogP contribution in [-0.2, 0) is 0 Å². The van der Waals surface area contributed by atoms with Crippen LogP contribution < -0.4 is 0 Å². The van der Waals surface area contributed by atoms with Gasteiger partial charge in [0.2, 0.25) is 0 Å². The minimum absolute atomic E-state index is 0.448. The lowest BCUT2D eigenvalue weighted by atomic mass is 9.53. The summed E-state index contributed by atoms with van der Waals surface area (Å²) in [5, 5.41) is 0. The fraction of sp³-hybridized carbons (Fsp3) is 0.786. The quantitative estimate of drug-likeness (QED) is 0.435. The molecule has 0 heterocycles. The van der Waals surface area contributed by atoms with Crippen molar-refractivity contribution in [2.24, 2.45) is 51.8 Å². The van der Waals surface area contributed by atoms with Crippen molar-refractivity contribution in [3.63, 3.8) is 0 Å². The van der Waals surface area contributed by atoms with E-state index < -0.39 is 0 Å². The molecule has 3 saturated carbocycles. The molecule has 0 unspecified atom stereocenters. The molecule has 0 N–H and O–H groups in total. The van der Waals surface area contributed by atoms with E-state index in [1.54, 1.807) is 0 Å². The third-order valence-corrected chi connectivity index (χ3v) is 10.9. The third kappa shape index (κ3) is 2.36. The Labute approximate surface area is 173 Å². The van der Waals surface area contributed by atoms with Crippen LogP contribution in [0.4, 0.5) is 0 Å². The smallest absolute Gasteiger partial charge is 0.00239 e. The first kappa shape index (κ1) is 19.2. The SMILES string of the molecule is CC(C)[C@H](C)/C=C\[C@H](C)[C@@H]1CCC2=C3C=C[C@]45C[C@H]4CC[C@]5(C)[C@@H]3CC[C@@]21C. The Morgan fingerprint density at radius 1 is 1.00 bits per heavy atom. The highest BCUT2D eigenvalue weighted by Crippen LogP contribution is 2.79. The molecule has 0 heteroatoms. The summed E-state index contributed by atoms with van der Waals surface area (Å²) in [4.78, 5) is 0. The Hall–Kier alpha value is -0.780. The highest BCUT2D eigenvalue weighted by Gasteiger charge is 2.71. The average molecular weight is 379 g/mol. The minimum Gasteiger partial charge on any atom is -0.0852 e. The molecule has 0 aromatic carbocycles. The maximum Gasteiger partial charge on any atom is -0.00239 e. The summed E-state index contributed by atoms with van der Waals surface area (Å²) in [7, 11) is 0. The molecule has 5 aliphatic carbocycles. The van der Waals surface area contributed by atoms with Gasteiger partial charge in [-0.15, -0.1) is 0 Å². The first-order valence-corrected chi connectivity index (χ1v) is 12.3. The molecule has 154 valence electrons. The van der Waals surface area contributed by atoms with Gasteiger partial charge >= 0.3 is 0 Å². The van der Waals surface area contributed by atoms with Gasteiger partial charge in [0.25, 0.3) is 0 Å². The van der Waals surface area contributed by atoms with E-state index in [2.05, 4.69) is 65.8 Å². The molecule has 0 saturated heterocycles. The van der Waals surface area contributed by atoms with Gasteiger partial charge in [0.15, 0.2) is 0 Å². The number of fused-ring (bicyclic) bond motifs is 3. The summed E-state index contributed by atoms with van der Waals surface area (Å²) in [6, 6.07) is 0. The maximum atomic E-state index is 2.70. The van der Waals surface area contributed by atoms with Crippen LogP contribution in [0.1, 0.15) is 86.5 Å². The molecular formula is C28H42. The second-order valence-electron chi connectivity index (χ2n) is 12.2. The topological polar surface area (TPSA) is 0 Å².